The number of benzene rings is 2. The van der Waals surface area contributed by atoms with Gasteiger partial charge in [-0.25, -0.2) is 0 Å². The van der Waals surface area contributed by atoms with Crippen LogP contribution in [0.15, 0.2) is 42.5 Å². The molecule has 2 N–H and O–H groups in total. The lowest BCUT2D eigenvalue weighted by molar-refractivity contribution is -0.121. The van der Waals surface area contributed by atoms with Crippen molar-refractivity contribution in [1.29, 1.82) is 0 Å². The third-order valence-electron chi connectivity index (χ3n) is 4.31. The molecule has 7 heteroatoms. The van der Waals surface area contributed by atoms with Crippen molar-refractivity contribution in [3.63, 3.8) is 0 Å². The molecule has 0 bridgehead atoms. The van der Waals surface area contributed by atoms with Gasteiger partial charge in [-0.15, -0.1) is 0 Å². The summed E-state index contributed by atoms with van der Waals surface area (Å²) in [6, 6.07) is 10.9. The Labute approximate surface area is 176 Å². The summed E-state index contributed by atoms with van der Waals surface area (Å²) in [5, 5.41) is 5.66. The first-order valence-corrected chi connectivity index (χ1v) is 9.79. The number of ether oxygens (including phenoxy) is 3. The number of methoxy groups -OCH3 is 1. The number of hydrogen-bond acceptors (Lipinski definition) is 5. The highest BCUT2D eigenvalue weighted by Gasteiger charge is 2.17. The summed E-state index contributed by atoms with van der Waals surface area (Å²) in [6.45, 7) is 4.79. The summed E-state index contributed by atoms with van der Waals surface area (Å²) in [4.78, 5) is 24.1. The van der Waals surface area contributed by atoms with Crippen LogP contribution in [0.2, 0.25) is 0 Å². The fourth-order valence-corrected chi connectivity index (χ4v) is 3.01. The fourth-order valence-electron chi connectivity index (χ4n) is 3.01. The Morgan fingerprint density at radius 3 is 2.57 bits per heavy atom. The Morgan fingerprint density at radius 2 is 1.87 bits per heavy atom. The second-order valence-electron chi connectivity index (χ2n) is 7.17. The third kappa shape index (κ3) is 5.76. The van der Waals surface area contributed by atoms with E-state index in [0.717, 1.165) is 11.1 Å². The smallest absolute Gasteiger partial charge is 0.248 e. The Morgan fingerprint density at radius 1 is 1.13 bits per heavy atom. The van der Waals surface area contributed by atoms with Crippen molar-refractivity contribution >= 4 is 23.6 Å². The van der Waals surface area contributed by atoms with Gasteiger partial charge >= 0.3 is 0 Å². The predicted molar refractivity (Wildman–Crippen MR) is 115 cm³/mol. The molecule has 158 valence electrons. The molecule has 3 rings (SSSR count). The summed E-state index contributed by atoms with van der Waals surface area (Å²) in [7, 11) is 1.56. The van der Waals surface area contributed by atoms with Crippen molar-refractivity contribution in [3.8, 4) is 17.2 Å². The first-order chi connectivity index (χ1) is 14.4. The number of amides is 2. The maximum absolute atomic E-state index is 12.3. The van der Waals surface area contributed by atoms with Gasteiger partial charge in [0.15, 0.2) is 11.5 Å². The SMILES string of the molecule is COc1cc(/C=C/C(=O)Nc2ccc(CC(=O)NC(C)C)cc2)cc2c1OCCO2. The van der Waals surface area contributed by atoms with Crippen LogP contribution in [-0.2, 0) is 16.0 Å². The zero-order valence-corrected chi connectivity index (χ0v) is 17.4. The Hall–Kier alpha value is -3.48. The molecule has 7 nitrogen and oxygen atoms in total. The van der Waals surface area contributed by atoms with Gasteiger partial charge in [0.05, 0.1) is 13.5 Å². The number of hydrogen-bond donors (Lipinski definition) is 2. The van der Waals surface area contributed by atoms with E-state index < -0.39 is 0 Å². The van der Waals surface area contributed by atoms with E-state index >= 15 is 0 Å². The van der Waals surface area contributed by atoms with E-state index in [1.54, 1.807) is 37.5 Å². The molecule has 0 radical (unpaired) electrons. The van der Waals surface area contributed by atoms with Crippen LogP contribution in [0.5, 0.6) is 17.2 Å². The van der Waals surface area contributed by atoms with E-state index in [1.165, 1.54) is 6.08 Å². The average molecular weight is 410 g/mol. The normalized spacial score (nSPS) is 12.7. The highest BCUT2D eigenvalue weighted by atomic mass is 16.6. The molecular weight excluding hydrogens is 384 g/mol. The minimum Gasteiger partial charge on any atom is -0.493 e. The second-order valence-corrected chi connectivity index (χ2v) is 7.17. The highest BCUT2D eigenvalue weighted by molar-refractivity contribution is 6.02. The quantitative estimate of drug-likeness (QED) is 0.685. The molecule has 30 heavy (non-hydrogen) atoms. The molecule has 0 atom stereocenters. The first-order valence-electron chi connectivity index (χ1n) is 9.79. The number of fused-ring (bicyclic) bond motifs is 1. The van der Waals surface area contributed by atoms with Crippen LogP contribution < -0.4 is 24.8 Å². The van der Waals surface area contributed by atoms with Crippen LogP contribution in [0.3, 0.4) is 0 Å². The second kappa shape index (κ2) is 9.82. The van der Waals surface area contributed by atoms with Crippen molar-refractivity contribution in [1.82, 2.24) is 5.32 Å². The molecule has 0 saturated heterocycles. The standard InChI is InChI=1S/C23H26N2O5/c1-15(2)24-22(27)14-16-4-7-18(8-5-16)25-21(26)9-6-17-12-19(28-3)23-20(13-17)29-10-11-30-23/h4-9,12-13,15H,10-11,14H2,1-3H3,(H,24,27)(H,25,26)/b9-6+. The zero-order valence-electron chi connectivity index (χ0n) is 17.4. The molecule has 2 aromatic carbocycles. The van der Waals surface area contributed by atoms with Crippen LogP contribution in [0.4, 0.5) is 5.69 Å². The summed E-state index contributed by atoms with van der Waals surface area (Å²) in [5.41, 5.74) is 2.29. The van der Waals surface area contributed by atoms with E-state index in [4.69, 9.17) is 14.2 Å². The maximum atomic E-state index is 12.3. The predicted octanol–water partition coefficient (Wildman–Crippen LogP) is 3.19. The van der Waals surface area contributed by atoms with Gasteiger partial charge < -0.3 is 24.8 Å². The largest absolute Gasteiger partial charge is 0.493 e. The van der Waals surface area contributed by atoms with Crippen LogP contribution in [0.25, 0.3) is 6.08 Å². The van der Waals surface area contributed by atoms with Crippen LogP contribution >= 0.6 is 0 Å². The number of rotatable bonds is 7. The van der Waals surface area contributed by atoms with E-state index in [2.05, 4.69) is 10.6 Å². The number of nitrogens with one attached hydrogen (secondary N) is 2. The lowest BCUT2D eigenvalue weighted by Crippen LogP contribution is -2.31. The molecule has 0 aromatic heterocycles. The molecule has 0 aliphatic carbocycles. The van der Waals surface area contributed by atoms with E-state index in [-0.39, 0.29) is 17.9 Å². The van der Waals surface area contributed by atoms with Crippen molar-refractivity contribution in [2.75, 3.05) is 25.6 Å². The molecule has 0 unspecified atom stereocenters. The topological polar surface area (TPSA) is 85.9 Å². The summed E-state index contributed by atoms with van der Waals surface area (Å²) < 4.78 is 16.5. The molecule has 1 aliphatic rings. The summed E-state index contributed by atoms with van der Waals surface area (Å²) in [6.07, 6.45) is 3.42. The molecule has 0 spiro atoms. The number of anilines is 1. The minimum absolute atomic E-state index is 0.0282. The van der Waals surface area contributed by atoms with Crippen LogP contribution in [0.1, 0.15) is 25.0 Å². The first kappa shape index (κ1) is 21.2. The summed E-state index contributed by atoms with van der Waals surface area (Å²) in [5.74, 6) is 1.43. The van der Waals surface area contributed by atoms with Gasteiger partial charge in [-0.05, 0) is 55.3 Å². The molecule has 0 fully saturated rings. The van der Waals surface area contributed by atoms with Gasteiger partial charge in [0.25, 0.3) is 0 Å². The van der Waals surface area contributed by atoms with Gasteiger partial charge in [0, 0.05) is 17.8 Å². The van der Waals surface area contributed by atoms with Gasteiger partial charge in [-0.2, -0.15) is 0 Å². The molecular formula is C23H26N2O5. The van der Waals surface area contributed by atoms with Crippen molar-refractivity contribution in [2.45, 2.75) is 26.3 Å². The van der Waals surface area contributed by atoms with Gasteiger partial charge in [-0.1, -0.05) is 12.1 Å². The lowest BCUT2D eigenvalue weighted by atomic mass is 10.1. The van der Waals surface area contributed by atoms with Gasteiger partial charge in [0.2, 0.25) is 17.6 Å². The van der Waals surface area contributed by atoms with Gasteiger partial charge in [-0.3, -0.25) is 9.59 Å². The Bertz CT molecular complexity index is 918. The maximum Gasteiger partial charge on any atom is 0.248 e. The van der Waals surface area contributed by atoms with Crippen molar-refractivity contribution < 1.29 is 23.8 Å². The van der Waals surface area contributed by atoms with Crippen LogP contribution in [-0.4, -0.2) is 38.2 Å². The summed E-state index contributed by atoms with van der Waals surface area (Å²) >= 11 is 0. The van der Waals surface area contributed by atoms with Gasteiger partial charge in [0.1, 0.15) is 13.2 Å². The minimum atomic E-state index is -0.269. The average Bonchev–Trinajstić information content (AvgIpc) is 2.72. The monoisotopic (exact) mass is 410 g/mol. The molecule has 1 aliphatic heterocycles. The van der Waals surface area contributed by atoms with E-state index in [1.807, 2.05) is 26.0 Å². The molecule has 1 heterocycles. The lowest BCUT2D eigenvalue weighted by Gasteiger charge is -2.20. The van der Waals surface area contributed by atoms with Crippen LogP contribution in [0, 0.1) is 0 Å². The Balaban J connectivity index is 1.60. The molecule has 0 saturated carbocycles. The van der Waals surface area contributed by atoms with E-state index in [9.17, 15) is 9.59 Å². The van der Waals surface area contributed by atoms with E-state index in [0.29, 0.717) is 42.6 Å². The Kier molecular flexibility index (Phi) is 6.95. The molecule has 2 amide bonds. The molecule has 2 aromatic rings. The number of carbonyl (C=O) groups excluding carboxylic acids is 2. The van der Waals surface area contributed by atoms with Crippen molar-refractivity contribution in [3.05, 3.63) is 53.6 Å². The zero-order chi connectivity index (χ0) is 21.5. The fraction of sp³-hybridized carbons (Fsp3) is 0.304. The van der Waals surface area contributed by atoms with Crippen molar-refractivity contribution in [2.24, 2.45) is 0 Å². The highest BCUT2D eigenvalue weighted by Crippen LogP contribution is 2.40. The third-order valence-corrected chi connectivity index (χ3v) is 4.31. The number of carbonyl (C=O) groups is 2.